The highest BCUT2D eigenvalue weighted by Crippen LogP contribution is 2.74. The fourth-order valence-corrected chi connectivity index (χ4v) is 4.26. The molecule has 1 saturated heterocycles. The number of nitrogens with two attached hydrogens (primary N) is 1. The minimum absolute atomic E-state index is 0.0236. The third kappa shape index (κ3) is 1.16. The summed E-state index contributed by atoms with van der Waals surface area (Å²) in [4.78, 5) is 12.5. The summed E-state index contributed by atoms with van der Waals surface area (Å²) in [7, 11) is 0. The van der Waals surface area contributed by atoms with Crippen LogP contribution < -0.4 is 5.73 Å². The maximum atomic E-state index is 10.6. The number of aliphatic hydroxyl groups excluding tert-OH is 2. The first-order chi connectivity index (χ1) is 10.1. The number of aliphatic hydroxyl groups is 2. The maximum Gasteiger partial charge on any atom is 0.165 e. The lowest BCUT2D eigenvalue weighted by Gasteiger charge is -2.24. The van der Waals surface area contributed by atoms with Crippen LogP contribution in [0.5, 0.6) is 0 Å². The Bertz CT molecular complexity index is 757. The lowest BCUT2D eigenvalue weighted by atomic mass is 9.92. The van der Waals surface area contributed by atoms with Gasteiger partial charge in [-0.1, -0.05) is 0 Å². The molecule has 0 radical (unpaired) electrons. The molecule has 5 atom stereocenters. The number of nitrogens with zero attached hydrogens (tertiary/aromatic N) is 4. The summed E-state index contributed by atoms with van der Waals surface area (Å²) in [5, 5.41) is 20.3. The van der Waals surface area contributed by atoms with E-state index in [4.69, 9.17) is 10.5 Å². The minimum Gasteiger partial charge on any atom is -0.396 e. The molecule has 2 aromatic rings. The Labute approximate surface area is 119 Å². The zero-order valence-electron chi connectivity index (χ0n) is 11.2. The van der Waals surface area contributed by atoms with Gasteiger partial charge in [0, 0.05) is 5.41 Å². The van der Waals surface area contributed by atoms with Crippen molar-refractivity contribution in [3.63, 3.8) is 0 Å². The average Bonchev–Trinajstić information content (AvgIpc) is 3.36. The van der Waals surface area contributed by atoms with E-state index in [1.807, 2.05) is 4.57 Å². The van der Waals surface area contributed by atoms with Gasteiger partial charge in [0.05, 0.1) is 31.7 Å². The Kier molecular flexibility index (Phi) is 1.89. The van der Waals surface area contributed by atoms with Gasteiger partial charge in [-0.25, -0.2) is 15.0 Å². The van der Waals surface area contributed by atoms with Gasteiger partial charge < -0.3 is 25.3 Å². The van der Waals surface area contributed by atoms with Crippen LogP contribution in [0.4, 0.5) is 5.82 Å². The molecule has 1 unspecified atom stereocenters. The molecule has 0 amide bonds. The van der Waals surface area contributed by atoms with Gasteiger partial charge in [0.2, 0.25) is 0 Å². The molecular formula is C13H15N5O3. The van der Waals surface area contributed by atoms with Gasteiger partial charge in [-0.2, -0.15) is 0 Å². The number of hydrogen-bond donors (Lipinski definition) is 3. The van der Waals surface area contributed by atoms with Crippen LogP contribution in [0.15, 0.2) is 12.7 Å². The van der Waals surface area contributed by atoms with Crippen molar-refractivity contribution in [2.75, 3.05) is 18.9 Å². The first kappa shape index (κ1) is 11.8. The molecule has 3 heterocycles. The van der Waals surface area contributed by atoms with E-state index in [0.717, 1.165) is 6.42 Å². The number of nitrogen functional groups attached to an aromatic ring is 1. The van der Waals surface area contributed by atoms with E-state index in [1.165, 1.54) is 6.33 Å². The third-order valence-corrected chi connectivity index (χ3v) is 5.53. The molecule has 2 aromatic heterocycles. The van der Waals surface area contributed by atoms with Crippen LogP contribution in [0.3, 0.4) is 0 Å². The fourth-order valence-electron chi connectivity index (χ4n) is 4.26. The molecule has 3 fully saturated rings. The molecule has 2 aliphatic carbocycles. The predicted molar refractivity (Wildman–Crippen MR) is 71.1 cm³/mol. The van der Waals surface area contributed by atoms with Crippen LogP contribution in [0.25, 0.3) is 11.2 Å². The van der Waals surface area contributed by atoms with Crippen LogP contribution in [-0.2, 0) is 4.74 Å². The van der Waals surface area contributed by atoms with E-state index >= 15 is 0 Å². The normalized spacial score (nSPS) is 43.4. The molecule has 1 aliphatic heterocycles. The zero-order chi connectivity index (χ0) is 14.4. The number of imidazole rings is 1. The summed E-state index contributed by atoms with van der Waals surface area (Å²) < 4.78 is 7.56. The Morgan fingerprint density at radius 1 is 1.43 bits per heavy atom. The van der Waals surface area contributed by atoms with E-state index in [9.17, 15) is 10.2 Å². The SMILES string of the molecule is Nc1ncnc2c1ncn2[C@@H]1[C@H]2C[C@@]2(CO)[C@H](O)C12CO2. The van der Waals surface area contributed by atoms with Crippen molar-refractivity contribution in [2.24, 2.45) is 11.3 Å². The fraction of sp³-hybridized carbons (Fsp3) is 0.615. The van der Waals surface area contributed by atoms with E-state index in [2.05, 4.69) is 15.0 Å². The van der Waals surface area contributed by atoms with Gasteiger partial charge >= 0.3 is 0 Å². The van der Waals surface area contributed by atoms with Crippen molar-refractivity contribution in [1.82, 2.24) is 19.5 Å². The molecule has 4 N–H and O–H groups in total. The molecule has 2 saturated carbocycles. The molecule has 3 aliphatic rings. The van der Waals surface area contributed by atoms with Crippen molar-refractivity contribution >= 4 is 17.0 Å². The van der Waals surface area contributed by atoms with Crippen LogP contribution in [0, 0.1) is 11.3 Å². The van der Waals surface area contributed by atoms with E-state index in [0.29, 0.717) is 23.6 Å². The summed E-state index contributed by atoms with van der Waals surface area (Å²) in [6.07, 6.45) is 3.23. The summed E-state index contributed by atoms with van der Waals surface area (Å²) in [6, 6.07) is -0.0704. The number of rotatable bonds is 2. The number of anilines is 1. The molecule has 5 rings (SSSR count). The highest BCUT2D eigenvalue weighted by molar-refractivity contribution is 5.81. The van der Waals surface area contributed by atoms with Gasteiger partial charge in [-0.15, -0.1) is 0 Å². The monoisotopic (exact) mass is 289 g/mol. The van der Waals surface area contributed by atoms with Crippen LogP contribution in [-0.4, -0.2) is 54.7 Å². The summed E-state index contributed by atoms with van der Waals surface area (Å²) in [5.74, 6) is 0.515. The van der Waals surface area contributed by atoms with Crippen LogP contribution >= 0.6 is 0 Å². The predicted octanol–water partition coefficient (Wildman–Crippen LogP) is -0.908. The Hall–Kier alpha value is -1.77. The zero-order valence-corrected chi connectivity index (χ0v) is 11.2. The first-order valence-corrected chi connectivity index (χ1v) is 7.00. The molecule has 110 valence electrons. The molecule has 0 bridgehead atoms. The largest absolute Gasteiger partial charge is 0.396 e. The average molecular weight is 289 g/mol. The lowest BCUT2D eigenvalue weighted by molar-refractivity contribution is 0.00704. The van der Waals surface area contributed by atoms with Gasteiger partial charge in [0.25, 0.3) is 0 Å². The van der Waals surface area contributed by atoms with E-state index in [-0.39, 0.29) is 18.6 Å². The number of ether oxygens (including phenoxy) is 1. The van der Waals surface area contributed by atoms with Gasteiger partial charge in [-0.05, 0) is 12.3 Å². The van der Waals surface area contributed by atoms with Gasteiger partial charge in [-0.3, -0.25) is 0 Å². The maximum absolute atomic E-state index is 10.6. The number of fused-ring (bicyclic) bond motifs is 2. The number of epoxide rings is 1. The second-order valence-electron chi connectivity index (χ2n) is 6.38. The van der Waals surface area contributed by atoms with E-state index in [1.54, 1.807) is 6.33 Å². The van der Waals surface area contributed by atoms with Crippen molar-refractivity contribution in [3.05, 3.63) is 12.7 Å². The number of aromatic nitrogens is 4. The second-order valence-corrected chi connectivity index (χ2v) is 6.38. The minimum atomic E-state index is -0.651. The Morgan fingerprint density at radius 3 is 2.95 bits per heavy atom. The first-order valence-electron chi connectivity index (χ1n) is 7.00. The smallest absolute Gasteiger partial charge is 0.165 e. The van der Waals surface area contributed by atoms with Crippen LogP contribution in [0.1, 0.15) is 12.5 Å². The van der Waals surface area contributed by atoms with Gasteiger partial charge in [0.1, 0.15) is 17.4 Å². The Balaban J connectivity index is 1.69. The topological polar surface area (TPSA) is 123 Å². The van der Waals surface area contributed by atoms with Crippen molar-refractivity contribution in [3.8, 4) is 0 Å². The summed E-state index contributed by atoms with van der Waals surface area (Å²) in [5.41, 5.74) is 5.99. The van der Waals surface area contributed by atoms with Crippen LogP contribution in [0.2, 0.25) is 0 Å². The lowest BCUT2D eigenvalue weighted by Crippen LogP contribution is -2.39. The summed E-state index contributed by atoms with van der Waals surface area (Å²) in [6.45, 7) is 0.474. The van der Waals surface area contributed by atoms with Crippen molar-refractivity contribution in [2.45, 2.75) is 24.2 Å². The van der Waals surface area contributed by atoms with Gasteiger partial charge in [0.15, 0.2) is 11.5 Å². The summed E-state index contributed by atoms with van der Waals surface area (Å²) >= 11 is 0. The van der Waals surface area contributed by atoms with E-state index < -0.39 is 17.1 Å². The molecular weight excluding hydrogens is 274 g/mol. The van der Waals surface area contributed by atoms with Crippen molar-refractivity contribution < 1.29 is 14.9 Å². The molecule has 1 spiro atoms. The van der Waals surface area contributed by atoms with Crippen molar-refractivity contribution in [1.29, 1.82) is 0 Å². The highest BCUT2D eigenvalue weighted by Gasteiger charge is 2.81. The third-order valence-electron chi connectivity index (χ3n) is 5.53. The number of hydrogen-bond acceptors (Lipinski definition) is 7. The quantitative estimate of drug-likeness (QED) is 0.612. The molecule has 8 nitrogen and oxygen atoms in total. The molecule has 21 heavy (non-hydrogen) atoms. The Morgan fingerprint density at radius 2 is 2.24 bits per heavy atom. The highest BCUT2D eigenvalue weighted by atomic mass is 16.6. The second kappa shape index (κ2) is 3.34. The molecule has 0 aromatic carbocycles. The molecule has 8 heteroatoms. The standard InChI is InChI=1S/C13H15N5O3/c14-9-7-10(16-4-15-9)18(5-17-7)8-6-1-12(6,2-19)11(20)13(8)3-21-13/h4-6,8,11,19-20H,1-3H2,(H2,14,15,16)/t6-,8-,11+,12+,13?/m1/s1.